The third-order valence-electron chi connectivity index (χ3n) is 2.31. The second kappa shape index (κ2) is 4.49. The van der Waals surface area contributed by atoms with Crippen LogP contribution in [0.15, 0.2) is 46.1 Å². The topological polar surface area (TPSA) is 78.7 Å². The molecule has 0 saturated carbocycles. The van der Waals surface area contributed by atoms with Gasteiger partial charge in [0.15, 0.2) is 0 Å². The second-order valence-corrected chi connectivity index (χ2v) is 3.55. The Morgan fingerprint density at radius 1 is 1.29 bits per heavy atom. The van der Waals surface area contributed by atoms with E-state index < -0.39 is 11.2 Å². The molecule has 0 radical (unpaired) electrons. The highest BCUT2D eigenvalue weighted by atomic mass is 16.2. The van der Waals surface area contributed by atoms with E-state index in [0.29, 0.717) is 12.1 Å². The number of rotatable bonds is 2. The number of aromatic amines is 1. The van der Waals surface area contributed by atoms with E-state index in [1.165, 1.54) is 16.8 Å². The fourth-order valence-corrected chi connectivity index (χ4v) is 1.50. The van der Waals surface area contributed by atoms with Gasteiger partial charge in [0.05, 0.1) is 18.2 Å². The fourth-order valence-electron chi connectivity index (χ4n) is 1.50. The highest BCUT2D eigenvalue weighted by Crippen LogP contribution is 2.04. The molecular formula is C12H9N3O2. The molecule has 0 aliphatic rings. The van der Waals surface area contributed by atoms with Crippen molar-refractivity contribution in [3.8, 4) is 6.07 Å². The van der Waals surface area contributed by atoms with Crippen molar-refractivity contribution in [2.75, 3.05) is 0 Å². The van der Waals surface area contributed by atoms with Crippen LogP contribution < -0.4 is 11.2 Å². The van der Waals surface area contributed by atoms with Crippen LogP contribution in [-0.4, -0.2) is 9.55 Å². The number of hydrogen-bond donors (Lipinski definition) is 1. The summed E-state index contributed by atoms with van der Waals surface area (Å²) in [5.41, 5.74) is 0.495. The average molecular weight is 227 g/mol. The first kappa shape index (κ1) is 10.9. The Labute approximate surface area is 96.6 Å². The maximum Gasteiger partial charge on any atom is 0.328 e. The molecule has 1 heterocycles. The monoisotopic (exact) mass is 227 g/mol. The number of nitrogens with one attached hydrogen (secondary N) is 1. The zero-order valence-corrected chi connectivity index (χ0v) is 8.88. The standard InChI is InChI=1S/C12H9N3O2/c13-7-9-2-1-3-10(6-9)8-15-5-4-11(16)14-12(15)17/h1-6H,8H2,(H,14,16,17). The number of benzene rings is 1. The van der Waals surface area contributed by atoms with Crippen LogP contribution in [0.1, 0.15) is 11.1 Å². The van der Waals surface area contributed by atoms with Crippen molar-refractivity contribution < 1.29 is 0 Å². The Balaban J connectivity index is 2.35. The van der Waals surface area contributed by atoms with Crippen molar-refractivity contribution in [1.29, 1.82) is 5.26 Å². The lowest BCUT2D eigenvalue weighted by molar-refractivity contribution is 0.720. The first-order chi connectivity index (χ1) is 8.19. The number of hydrogen-bond acceptors (Lipinski definition) is 3. The summed E-state index contributed by atoms with van der Waals surface area (Å²) in [5.74, 6) is 0. The Bertz CT molecular complexity index is 692. The third-order valence-corrected chi connectivity index (χ3v) is 2.31. The lowest BCUT2D eigenvalue weighted by atomic mass is 10.1. The molecule has 17 heavy (non-hydrogen) atoms. The molecule has 84 valence electrons. The summed E-state index contributed by atoms with van der Waals surface area (Å²) < 4.78 is 1.37. The minimum atomic E-state index is -0.458. The largest absolute Gasteiger partial charge is 0.328 e. The van der Waals surface area contributed by atoms with Crippen molar-refractivity contribution in [3.05, 3.63) is 68.5 Å². The van der Waals surface area contributed by atoms with Gasteiger partial charge >= 0.3 is 5.69 Å². The van der Waals surface area contributed by atoms with E-state index in [-0.39, 0.29) is 0 Å². The summed E-state index contributed by atoms with van der Waals surface area (Å²) in [6.45, 7) is 0.325. The molecule has 1 aromatic heterocycles. The molecular weight excluding hydrogens is 218 g/mol. The van der Waals surface area contributed by atoms with Gasteiger partial charge in [0.25, 0.3) is 5.56 Å². The van der Waals surface area contributed by atoms with Gasteiger partial charge in [0, 0.05) is 12.3 Å². The molecule has 0 amide bonds. The molecule has 0 saturated heterocycles. The van der Waals surface area contributed by atoms with Gasteiger partial charge < -0.3 is 0 Å². The van der Waals surface area contributed by atoms with Gasteiger partial charge in [-0.2, -0.15) is 5.26 Å². The average Bonchev–Trinajstić information content (AvgIpc) is 2.33. The first-order valence-corrected chi connectivity index (χ1v) is 4.98. The smallest absolute Gasteiger partial charge is 0.296 e. The minimum absolute atomic E-state index is 0.325. The molecule has 5 heteroatoms. The zero-order chi connectivity index (χ0) is 12.3. The molecule has 2 rings (SSSR count). The molecule has 5 nitrogen and oxygen atoms in total. The number of aromatic nitrogens is 2. The lowest BCUT2D eigenvalue weighted by Gasteiger charge is -2.04. The highest BCUT2D eigenvalue weighted by Gasteiger charge is 1.99. The van der Waals surface area contributed by atoms with Crippen LogP contribution in [-0.2, 0) is 6.54 Å². The van der Waals surface area contributed by atoms with Gasteiger partial charge in [0.1, 0.15) is 0 Å². The number of nitrogens with zero attached hydrogens (tertiary/aromatic N) is 2. The molecule has 0 atom stereocenters. The van der Waals surface area contributed by atoms with E-state index in [4.69, 9.17) is 5.26 Å². The van der Waals surface area contributed by atoms with Crippen molar-refractivity contribution in [3.63, 3.8) is 0 Å². The maximum atomic E-state index is 11.4. The van der Waals surface area contributed by atoms with Gasteiger partial charge in [-0.15, -0.1) is 0 Å². The maximum absolute atomic E-state index is 11.4. The van der Waals surface area contributed by atoms with Gasteiger partial charge in [-0.1, -0.05) is 12.1 Å². The summed E-state index contributed by atoms with van der Waals surface area (Å²) >= 11 is 0. The summed E-state index contributed by atoms with van der Waals surface area (Å²) in [4.78, 5) is 24.5. The van der Waals surface area contributed by atoms with E-state index in [2.05, 4.69) is 4.98 Å². The van der Waals surface area contributed by atoms with E-state index >= 15 is 0 Å². The lowest BCUT2D eigenvalue weighted by Crippen LogP contribution is -2.28. The third kappa shape index (κ3) is 2.49. The molecule has 2 aromatic rings. The Hall–Kier alpha value is -2.61. The summed E-state index contributed by atoms with van der Waals surface area (Å²) in [7, 11) is 0. The van der Waals surface area contributed by atoms with Crippen LogP contribution in [0.3, 0.4) is 0 Å². The van der Waals surface area contributed by atoms with Gasteiger partial charge in [-0.05, 0) is 17.7 Å². The van der Waals surface area contributed by atoms with Crippen LogP contribution in [0.4, 0.5) is 0 Å². The number of nitriles is 1. The van der Waals surface area contributed by atoms with E-state index in [0.717, 1.165) is 5.56 Å². The van der Waals surface area contributed by atoms with Crippen LogP contribution in [0.25, 0.3) is 0 Å². The molecule has 0 fully saturated rings. The molecule has 1 N–H and O–H groups in total. The van der Waals surface area contributed by atoms with E-state index in [1.54, 1.807) is 18.2 Å². The highest BCUT2D eigenvalue weighted by molar-refractivity contribution is 5.32. The number of H-pyrrole nitrogens is 1. The predicted octanol–water partition coefficient (Wildman–Crippen LogP) is 0.457. The van der Waals surface area contributed by atoms with E-state index in [9.17, 15) is 9.59 Å². The van der Waals surface area contributed by atoms with Crippen molar-refractivity contribution >= 4 is 0 Å². The Morgan fingerprint density at radius 2 is 2.12 bits per heavy atom. The summed E-state index contributed by atoms with van der Waals surface area (Å²) in [6.07, 6.45) is 1.43. The predicted molar refractivity (Wildman–Crippen MR) is 61.6 cm³/mol. The van der Waals surface area contributed by atoms with Crippen molar-refractivity contribution in [2.24, 2.45) is 0 Å². The quantitative estimate of drug-likeness (QED) is 0.809. The van der Waals surface area contributed by atoms with Gasteiger partial charge in [-0.3, -0.25) is 14.3 Å². The molecule has 0 unspecified atom stereocenters. The molecule has 0 aliphatic carbocycles. The van der Waals surface area contributed by atoms with Crippen LogP contribution >= 0.6 is 0 Å². The van der Waals surface area contributed by atoms with Gasteiger partial charge in [-0.25, -0.2) is 4.79 Å². The van der Waals surface area contributed by atoms with E-state index in [1.807, 2.05) is 12.1 Å². The summed E-state index contributed by atoms with van der Waals surface area (Å²) in [6, 6.07) is 10.3. The first-order valence-electron chi connectivity index (χ1n) is 4.98. The van der Waals surface area contributed by atoms with Crippen molar-refractivity contribution in [2.45, 2.75) is 6.54 Å². The fraction of sp³-hybridized carbons (Fsp3) is 0.0833. The molecule has 1 aromatic carbocycles. The minimum Gasteiger partial charge on any atom is -0.296 e. The Morgan fingerprint density at radius 3 is 2.82 bits per heavy atom. The molecule has 0 spiro atoms. The van der Waals surface area contributed by atoms with Crippen molar-refractivity contribution in [1.82, 2.24) is 9.55 Å². The van der Waals surface area contributed by atoms with Crippen LogP contribution in [0.5, 0.6) is 0 Å². The zero-order valence-electron chi connectivity index (χ0n) is 8.88. The molecule has 0 bridgehead atoms. The van der Waals surface area contributed by atoms with Crippen LogP contribution in [0.2, 0.25) is 0 Å². The summed E-state index contributed by atoms with van der Waals surface area (Å²) in [5, 5.41) is 8.75. The Kier molecular flexibility index (Phi) is 2.88. The normalized spacial score (nSPS) is 9.82. The van der Waals surface area contributed by atoms with Gasteiger partial charge in [0.2, 0.25) is 0 Å². The SMILES string of the molecule is N#Cc1cccc(Cn2ccc(=O)[nH]c2=O)c1. The second-order valence-electron chi connectivity index (χ2n) is 3.55. The molecule has 0 aliphatic heterocycles. The van der Waals surface area contributed by atoms with Crippen LogP contribution in [0, 0.1) is 11.3 Å².